The van der Waals surface area contributed by atoms with Crippen LogP contribution in [0.15, 0.2) is 40.8 Å². The maximum absolute atomic E-state index is 12.0. The first-order chi connectivity index (χ1) is 10.1. The molecular weight excluding hydrogens is 270 g/mol. The van der Waals surface area contributed by atoms with Crippen molar-refractivity contribution in [1.82, 2.24) is 0 Å². The molecule has 0 atom stereocenters. The van der Waals surface area contributed by atoms with E-state index in [1.165, 1.54) is 7.11 Å². The van der Waals surface area contributed by atoms with Gasteiger partial charge in [-0.05, 0) is 31.2 Å². The number of amides is 1. The van der Waals surface area contributed by atoms with Crippen molar-refractivity contribution in [3.05, 3.63) is 53.5 Å². The van der Waals surface area contributed by atoms with Crippen LogP contribution in [0.1, 0.15) is 28.3 Å². The monoisotopic (exact) mass is 287 g/mol. The van der Waals surface area contributed by atoms with Crippen molar-refractivity contribution < 1.29 is 18.7 Å². The summed E-state index contributed by atoms with van der Waals surface area (Å²) >= 11 is 0. The molecule has 0 aliphatic heterocycles. The van der Waals surface area contributed by atoms with E-state index in [0.717, 1.165) is 11.5 Å². The summed E-state index contributed by atoms with van der Waals surface area (Å²) in [5, 5.41) is 2.72. The fourth-order valence-corrected chi connectivity index (χ4v) is 1.95. The number of rotatable bonds is 5. The molecule has 21 heavy (non-hydrogen) atoms. The van der Waals surface area contributed by atoms with E-state index in [4.69, 9.17) is 4.42 Å². The van der Waals surface area contributed by atoms with Crippen molar-refractivity contribution in [1.29, 1.82) is 0 Å². The second kappa shape index (κ2) is 6.74. The van der Waals surface area contributed by atoms with Crippen molar-refractivity contribution in [2.24, 2.45) is 0 Å². The van der Waals surface area contributed by atoms with Gasteiger partial charge in [0.1, 0.15) is 11.5 Å². The summed E-state index contributed by atoms with van der Waals surface area (Å²) in [5.41, 5.74) is 0.784. The summed E-state index contributed by atoms with van der Waals surface area (Å²) in [6, 6.07) is 10.5. The van der Waals surface area contributed by atoms with Crippen LogP contribution in [0.5, 0.6) is 0 Å². The first kappa shape index (κ1) is 14.8. The number of anilines is 1. The zero-order chi connectivity index (χ0) is 15.2. The van der Waals surface area contributed by atoms with Crippen LogP contribution >= 0.6 is 0 Å². The largest absolute Gasteiger partial charge is 0.466 e. The van der Waals surface area contributed by atoms with Crippen LogP contribution < -0.4 is 5.32 Å². The van der Waals surface area contributed by atoms with Crippen LogP contribution in [0.4, 0.5) is 5.69 Å². The van der Waals surface area contributed by atoms with Gasteiger partial charge in [-0.25, -0.2) is 4.79 Å². The molecule has 1 aromatic carbocycles. The van der Waals surface area contributed by atoms with Crippen molar-refractivity contribution in [2.75, 3.05) is 12.4 Å². The summed E-state index contributed by atoms with van der Waals surface area (Å²) in [7, 11) is 1.31. The van der Waals surface area contributed by atoms with E-state index in [2.05, 4.69) is 10.1 Å². The molecule has 0 saturated carbocycles. The van der Waals surface area contributed by atoms with E-state index in [1.54, 1.807) is 24.3 Å². The number of methoxy groups -OCH3 is 1. The highest BCUT2D eigenvalue weighted by Gasteiger charge is 2.13. The fraction of sp³-hybridized carbons (Fsp3) is 0.250. The molecule has 0 aliphatic carbocycles. The minimum atomic E-state index is -0.479. The summed E-state index contributed by atoms with van der Waals surface area (Å²) < 4.78 is 10.1. The van der Waals surface area contributed by atoms with Gasteiger partial charge in [-0.15, -0.1) is 0 Å². The molecule has 0 spiro atoms. The Labute approximate surface area is 122 Å². The van der Waals surface area contributed by atoms with E-state index in [9.17, 15) is 9.59 Å². The van der Waals surface area contributed by atoms with Gasteiger partial charge in [0.2, 0.25) is 5.91 Å². The first-order valence-electron chi connectivity index (χ1n) is 6.62. The number of hydrogen-bond acceptors (Lipinski definition) is 4. The van der Waals surface area contributed by atoms with Crippen LogP contribution in [0.3, 0.4) is 0 Å². The third-order valence-electron chi connectivity index (χ3n) is 3.00. The quantitative estimate of drug-likeness (QED) is 0.858. The number of hydrogen-bond donors (Lipinski definition) is 1. The van der Waals surface area contributed by atoms with Gasteiger partial charge in [-0.2, -0.15) is 0 Å². The molecule has 110 valence electrons. The Hall–Kier alpha value is -2.56. The second-order valence-electron chi connectivity index (χ2n) is 4.60. The van der Waals surface area contributed by atoms with Gasteiger partial charge in [0, 0.05) is 12.8 Å². The Kier molecular flexibility index (Phi) is 4.77. The molecule has 1 heterocycles. The van der Waals surface area contributed by atoms with E-state index >= 15 is 0 Å². The first-order valence-corrected chi connectivity index (χ1v) is 6.62. The molecule has 1 amide bonds. The van der Waals surface area contributed by atoms with Crippen LogP contribution in [-0.4, -0.2) is 19.0 Å². The molecule has 0 fully saturated rings. The van der Waals surface area contributed by atoms with E-state index in [-0.39, 0.29) is 12.3 Å². The second-order valence-corrected chi connectivity index (χ2v) is 4.60. The third kappa shape index (κ3) is 3.95. The third-order valence-corrected chi connectivity index (χ3v) is 3.00. The van der Waals surface area contributed by atoms with Gasteiger partial charge in [-0.3, -0.25) is 4.79 Å². The lowest BCUT2D eigenvalue weighted by molar-refractivity contribution is -0.116. The highest BCUT2D eigenvalue weighted by atomic mass is 16.5. The number of nitrogens with one attached hydrogen (secondary N) is 1. The maximum atomic E-state index is 12.0. The SMILES string of the molecule is COC(=O)c1ccccc1NC(=O)CCc1ccc(C)o1. The maximum Gasteiger partial charge on any atom is 0.339 e. The fourth-order valence-electron chi connectivity index (χ4n) is 1.95. The molecule has 5 nitrogen and oxygen atoms in total. The van der Waals surface area contributed by atoms with E-state index in [1.807, 2.05) is 19.1 Å². The molecule has 0 unspecified atom stereocenters. The number of para-hydroxylation sites is 1. The van der Waals surface area contributed by atoms with Crippen LogP contribution in [0.25, 0.3) is 0 Å². The summed E-state index contributed by atoms with van der Waals surface area (Å²) in [6.45, 7) is 1.86. The summed E-state index contributed by atoms with van der Waals surface area (Å²) in [4.78, 5) is 23.6. The predicted molar refractivity (Wildman–Crippen MR) is 78.2 cm³/mol. The Morgan fingerprint density at radius 1 is 1.19 bits per heavy atom. The lowest BCUT2D eigenvalue weighted by atomic mass is 10.1. The lowest BCUT2D eigenvalue weighted by Crippen LogP contribution is -2.15. The van der Waals surface area contributed by atoms with Crippen molar-refractivity contribution in [3.8, 4) is 0 Å². The number of carbonyl (C=O) groups excluding carboxylic acids is 2. The number of furan rings is 1. The number of benzene rings is 1. The molecule has 0 bridgehead atoms. The average Bonchev–Trinajstić information content (AvgIpc) is 2.90. The molecule has 0 radical (unpaired) electrons. The molecule has 1 aromatic heterocycles. The minimum absolute atomic E-state index is 0.180. The molecule has 2 aromatic rings. The minimum Gasteiger partial charge on any atom is -0.466 e. The highest BCUT2D eigenvalue weighted by molar-refractivity contribution is 6.01. The Bertz CT molecular complexity index is 645. The number of ether oxygens (including phenoxy) is 1. The molecular formula is C16H17NO4. The number of aryl methyl sites for hydroxylation is 2. The van der Waals surface area contributed by atoms with Crippen LogP contribution in [0.2, 0.25) is 0 Å². The van der Waals surface area contributed by atoms with Gasteiger partial charge < -0.3 is 14.5 Å². The van der Waals surface area contributed by atoms with Gasteiger partial charge in [-0.1, -0.05) is 12.1 Å². The predicted octanol–water partition coefficient (Wildman–Crippen LogP) is 2.95. The van der Waals surface area contributed by atoms with Crippen molar-refractivity contribution >= 4 is 17.6 Å². The topological polar surface area (TPSA) is 68.5 Å². The Morgan fingerprint density at radius 3 is 2.62 bits per heavy atom. The van der Waals surface area contributed by atoms with Crippen LogP contribution in [0, 0.1) is 6.92 Å². The highest BCUT2D eigenvalue weighted by Crippen LogP contribution is 2.17. The lowest BCUT2D eigenvalue weighted by Gasteiger charge is -2.09. The number of carbonyl (C=O) groups is 2. The zero-order valence-corrected chi connectivity index (χ0v) is 12.0. The van der Waals surface area contributed by atoms with Gasteiger partial charge in [0.25, 0.3) is 0 Å². The Balaban J connectivity index is 1.98. The smallest absolute Gasteiger partial charge is 0.339 e. The summed E-state index contributed by atoms with van der Waals surface area (Å²) in [6.07, 6.45) is 0.794. The van der Waals surface area contributed by atoms with Crippen molar-refractivity contribution in [3.63, 3.8) is 0 Å². The standard InChI is InChI=1S/C16H17NO4/c1-11-7-8-12(21-11)9-10-15(18)17-14-6-4-3-5-13(14)16(19)20-2/h3-8H,9-10H2,1-2H3,(H,17,18). The van der Waals surface area contributed by atoms with Gasteiger partial charge >= 0.3 is 5.97 Å². The van der Waals surface area contributed by atoms with E-state index in [0.29, 0.717) is 17.7 Å². The van der Waals surface area contributed by atoms with Gasteiger partial charge in [0.05, 0.1) is 18.4 Å². The molecule has 1 N–H and O–H groups in total. The van der Waals surface area contributed by atoms with Gasteiger partial charge in [0.15, 0.2) is 0 Å². The number of esters is 1. The summed E-state index contributed by atoms with van der Waals surface area (Å²) in [5.74, 6) is 0.929. The molecule has 5 heteroatoms. The van der Waals surface area contributed by atoms with Crippen LogP contribution in [-0.2, 0) is 16.0 Å². The normalized spacial score (nSPS) is 10.2. The molecule has 0 saturated heterocycles. The average molecular weight is 287 g/mol. The van der Waals surface area contributed by atoms with E-state index < -0.39 is 5.97 Å². The van der Waals surface area contributed by atoms with Crippen molar-refractivity contribution in [2.45, 2.75) is 19.8 Å². The zero-order valence-electron chi connectivity index (χ0n) is 12.0. The molecule has 0 aliphatic rings. The Morgan fingerprint density at radius 2 is 1.95 bits per heavy atom. The molecule has 2 rings (SSSR count).